The van der Waals surface area contributed by atoms with E-state index in [0.717, 1.165) is 17.7 Å². The second-order valence-corrected chi connectivity index (χ2v) is 7.25. The summed E-state index contributed by atoms with van der Waals surface area (Å²) >= 11 is 0. The van der Waals surface area contributed by atoms with Crippen molar-refractivity contribution in [2.24, 2.45) is 5.92 Å². The summed E-state index contributed by atoms with van der Waals surface area (Å²) in [7, 11) is 0. The van der Waals surface area contributed by atoms with Crippen molar-refractivity contribution in [1.82, 2.24) is 14.9 Å². The van der Waals surface area contributed by atoms with E-state index in [1.807, 2.05) is 32.0 Å². The Morgan fingerprint density at radius 2 is 1.97 bits per heavy atom. The van der Waals surface area contributed by atoms with Gasteiger partial charge in [0.1, 0.15) is 19.3 Å². The standard InChI is InChI=1S/C21H21F2N3O3/c1-12(2)19(26-11-25-16-8-14(22)15(23)9-17(16)26)21(27)24-10-13-4-3-5-18-20(13)29-7-6-28-18/h3-5,8-9,11-12,19H,6-7,10H2,1-2H3,(H,24,27). The van der Waals surface area contributed by atoms with Crippen LogP contribution in [0.1, 0.15) is 25.5 Å². The average molecular weight is 401 g/mol. The fourth-order valence-electron chi connectivity index (χ4n) is 3.55. The first kappa shape index (κ1) is 19.2. The highest BCUT2D eigenvalue weighted by Gasteiger charge is 2.27. The number of benzene rings is 2. The molecular formula is C21H21F2N3O3. The molecule has 1 atom stereocenters. The summed E-state index contributed by atoms with van der Waals surface area (Å²) in [6, 6.07) is 6.99. The van der Waals surface area contributed by atoms with Crippen LogP contribution in [0, 0.1) is 17.6 Å². The summed E-state index contributed by atoms with van der Waals surface area (Å²) in [5.41, 5.74) is 1.47. The van der Waals surface area contributed by atoms with Gasteiger partial charge in [0.05, 0.1) is 17.4 Å². The molecule has 0 bridgehead atoms. The van der Waals surface area contributed by atoms with Crippen molar-refractivity contribution < 1.29 is 23.0 Å². The van der Waals surface area contributed by atoms with Gasteiger partial charge in [0.2, 0.25) is 5.91 Å². The van der Waals surface area contributed by atoms with Gasteiger partial charge in [-0.2, -0.15) is 0 Å². The number of fused-ring (bicyclic) bond motifs is 2. The highest BCUT2D eigenvalue weighted by atomic mass is 19.2. The van der Waals surface area contributed by atoms with Gasteiger partial charge in [0.25, 0.3) is 0 Å². The van der Waals surface area contributed by atoms with E-state index < -0.39 is 17.7 Å². The Hall–Kier alpha value is -3.16. The lowest BCUT2D eigenvalue weighted by Gasteiger charge is -2.24. The molecule has 1 aromatic heterocycles. The van der Waals surface area contributed by atoms with Gasteiger partial charge in [-0.15, -0.1) is 0 Å². The zero-order chi connectivity index (χ0) is 20.5. The normalized spacial score (nSPS) is 14.2. The first-order valence-corrected chi connectivity index (χ1v) is 9.42. The average Bonchev–Trinajstić information content (AvgIpc) is 3.08. The van der Waals surface area contributed by atoms with Gasteiger partial charge in [-0.1, -0.05) is 26.0 Å². The number of hydrogen-bond acceptors (Lipinski definition) is 4. The predicted molar refractivity (Wildman–Crippen MR) is 103 cm³/mol. The molecule has 0 spiro atoms. The first-order chi connectivity index (χ1) is 14.0. The van der Waals surface area contributed by atoms with Crippen LogP contribution in [-0.2, 0) is 11.3 Å². The quantitative estimate of drug-likeness (QED) is 0.710. The maximum absolute atomic E-state index is 13.8. The van der Waals surface area contributed by atoms with Gasteiger partial charge >= 0.3 is 0 Å². The van der Waals surface area contributed by atoms with Crippen molar-refractivity contribution in [2.75, 3.05) is 13.2 Å². The Morgan fingerprint density at radius 3 is 2.76 bits per heavy atom. The molecule has 152 valence electrons. The largest absolute Gasteiger partial charge is 0.486 e. The third kappa shape index (κ3) is 3.62. The molecule has 1 N–H and O–H groups in total. The minimum atomic E-state index is -0.977. The second kappa shape index (κ2) is 7.69. The van der Waals surface area contributed by atoms with Crippen LogP contribution in [0.5, 0.6) is 11.5 Å². The summed E-state index contributed by atoms with van der Waals surface area (Å²) in [6.07, 6.45) is 1.44. The molecule has 0 fully saturated rings. The number of rotatable bonds is 5. The molecule has 1 aliphatic heterocycles. The van der Waals surface area contributed by atoms with Gasteiger partial charge in [-0.25, -0.2) is 13.8 Å². The Kier molecular flexibility index (Phi) is 5.08. The van der Waals surface area contributed by atoms with Gasteiger partial charge in [0, 0.05) is 24.2 Å². The minimum absolute atomic E-state index is 0.107. The molecule has 2 heterocycles. The molecule has 0 radical (unpaired) electrons. The Balaban J connectivity index is 1.59. The van der Waals surface area contributed by atoms with Crippen LogP contribution < -0.4 is 14.8 Å². The third-order valence-corrected chi connectivity index (χ3v) is 4.92. The molecular weight excluding hydrogens is 380 g/mol. The van der Waals surface area contributed by atoms with Crippen molar-refractivity contribution in [3.8, 4) is 11.5 Å². The number of aromatic nitrogens is 2. The van der Waals surface area contributed by atoms with E-state index in [4.69, 9.17) is 9.47 Å². The first-order valence-electron chi connectivity index (χ1n) is 9.42. The number of carbonyl (C=O) groups excluding carboxylic acids is 1. The number of hydrogen-bond donors (Lipinski definition) is 1. The molecule has 0 saturated heterocycles. The van der Waals surface area contributed by atoms with E-state index in [2.05, 4.69) is 10.3 Å². The molecule has 29 heavy (non-hydrogen) atoms. The van der Waals surface area contributed by atoms with Crippen LogP contribution in [0.15, 0.2) is 36.7 Å². The van der Waals surface area contributed by atoms with E-state index in [9.17, 15) is 13.6 Å². The van der Waals surface area contributed by atoms with Crippen LogP contribution in [0.3, 0.4) is 0 Å². The molecule has 0 aliphatic carbocycles. The van der Waals surface area contributed by atoms with Gasteiger partial charge in [0.15, 0.2) is 23.1 Å². The number of ether oxygens (including phenoxy) is 2. The fraction of sp³-hybridized carbons (Fsp3) is 0.333. The van der Waals surface area contributed by atoms with Crippen LogP contribution in [-0.4, -0.2) is 28.7 Å². The number of halogens is 2. The van der Waals surface area contributed by atoms with Gasteiger partial charge < -0.3 is 19.4 Å². The zero-order valence-electron chi connectivity index (χ0n) is 16.1. The zero-order valence-corrected chi connectivity index (χ0v) is 16.1. The molecule has 4 rings (SSSR count). The molecule has 1 amide bonds. The lowest BCUT2D eigenvalue weighted by atomic mass is 10.0. The number of para-hydroxylation sites is 1. The number of imidazole rings is 1. The molecule has 8 heteroatoms. The lowest BCUT2D eigenvalue weighted by Crippen LogP contribution is -2.35. The van der Waals surface area contributed by atoms with Crippen LogP contribution in [0.4, 0.5) is 8.78 Å². The predicted octanol–water partition coefficient (Wildman–Crippen LogP) is 3.60. The SMILES string of the molecule is CC(C)C(C(=O)NCc1cccc2c1OCCO2)n1cnc2cc(F)c(F)cc21. The second-order valence-electron chi connectivity index (χ2n) is 7.25. The van der Waals surface area contributed by atoms with Crippen LogP contribution in [0.2, 0.25) is 0 Å². The van der Waals surface area contributed by atoms with E-state index in [1.165, 1.54) is 6.33 Å². The maximum Gasteiger partial charge on any atom is 0.243 e. The summed E-state index contributed by atoms with van der Waals surface area (Å²) in [5.74, 6) is -1.02. The third-order valence-electron chi connectivity index (χ3n) is 4.92. The Morgan fingerprint density at radius 1 is 1.21 bits per heavy atom. The summed E-state index contributed by atoms with van der Waals surface area (Å²) < 4.78 is 40.1. The van der Waals surface area contributed by atoms with Crippen molar-refractivity contribution in [2.45, 2.75) is 26.4 Å². The van der Waals surface area contributed by atoms with E-state index >= 15 is 0 Å². The molecule has 1 unspecified atom stereocenters. The monoisotopic (exact) mass is 401 g/mol. The summed E-state index contributed by atoms with van der Waals surface area (Å²) in [4.78, 5) is 17.1. The molecule has 0 saturated carbocycles. The highest BCUT2D eigenvalue weighted by Crippen LogP contribution is 2.33. The number of nitrogens with zero attached hydrogens (tertiary/aromatic N) is 2. The van der Waals surface area contributed by atoms with E-state index in [0.29, 0.717) is 35.7 Å². The van der Waals surface area contributed by atoms with Crippen molar-refractivity contribution in [1.29, 1.82) is 0 Å². The van der Waals surface area contributed by atoms with Crippen molar-refractivity contribution >= 4 is 16.9 Å². The molecule has 3 aromatic rings. The summed E-state index contributed by atoms with van der Waals surface area (Å²) in [5, 5.41) is 2.92. The van der Waals surface area contributed by atoms with E-state index in [-0.39, 0.29) is 18.4 Å². The Labute approximate surface area is 166 Å². The molecule has 2 aromatic carbocycles. The van der Waals surface area contributed by atoms with Gasteiger partial charge in [-0.05, 0) is 12.0 Å². The maximum atomic E-state index is 13.8. The van der Waals surface area contributed by atoms with E-state index in [1.54, 1.807) is 4.57 Å². The van der Waals surface area contributed by atoms with Crippen LogP contribution >= 0.6 is 0 Å². The Bertz CT molecular complexity index is 1060. The molecule has 1 aliphatic rings. The lowest BCUT2D eigenvalue weighted by molar-refractivity contribution is -0.125. The van der Waals surface area contributed by atoms with Crippen molar-refractivity contribution in [3.05, 3.63) is 53.9 Å². The highest BCUT2D eigenvalue weighted by molar-refractivity contribution is 5.84. The number of carbonyl (C=O) groups is 1. The number of nitrogens with one attached hydrogen (secondary N) is 1. The topological polar surface area (TPSA) is 65.4 Å². The van der Waals surface area contributed by atoms with Gasteiger partial charge in [-0.3, -0.25) is 4.79 Å². The van der Waals surface area contributed by atoms with Crippen molar-refractivity contribution in [3.63, 3.8) is 0 Å². The minimum Gasteiger partial charge on any atom is -0.486 e. The number of amides is 1. The smallest absolute Gasteiger partial charge is 0.243 e. The summed E-state index contributed by atoms with van der Waals surface area (Å²) in [6.45, 7) is 4.97. The molecule has 6 nitrogen and oxygen atoms in total. The fourth-order valence-corrected chi connectivity index (χ4v) is 3.55. The van der Waals surface area contributed by atoms with Crippen LogP contribution in [0.25, 0.3) is 11.0 Å².